The van der Waals surface area contributed by atoms with Crippen molar-refractivity contribution < 1.29 is 49.0 Å². The SMILES string of the molecule is C[C@H](Oc1ccc(S(C)(=O)=O)cc1C(=O)N1Cc2ccc(OCC(F)(F)F)cc2C1)C(F)(F)F. The third kappa shape index (κ3) is 6.13. The van der Waals surface area contributed by atoms with Crippen molar-refractivity contribution in [2.24, 2.45) is 0 Å². The normalized spacial score (nSPS) is 15.1. The first-order valence-electron chi connectivity index (χ1n) is 9.73. The van der Waals surface area contributed by atoms with Crippen LogP contribution in [-0.4, -0.2) is 50.5 Å². The number of alkyl halides is 6. The lowest BCUT2D eigenvalue weighted by atomic mass is 10.1. The highest BCUT2D eigenvalue weighted by Gasteiger charge is 2.39. The number of nitrogens with zero attached hydrogens (tertiary/aromatic N) is 1. The van der Waals surface area contributed by atoms with Crippen molar-refractivity contribution in [1.82, 2.24) is 4.90 Å². The van der Waals surface area contributed by atoms with Crippen molar-refractivity contribution in [2.75, 3.05) is 12.9 Å². The summed E-state index contributed by atoms with van der Waals surface area (Å²) in [5.41, 5.74) is 0.692. The Morgan fingerprint density at radius 3 is 2.26 bits per heavy atom. The molecule has 0 unspecified atom stereocenters. The van der Waals surface area contributed by atoms with Gasteiger partial charge >= 0.3 is 12.4 Å². The molecule has 1 aliphatic heterocycles. The van der Waals surface area contributed by atoms with Gasteiger partial charge in [-0.25, -0.2) is 8.42 Å². The van der Waals surface area contributed by atoms with Gasteiger partial charge in [0.1, 0.15) is 11.5 Å². The second kappa shape index (κ2) is 9.01. The second-order valence-electron chi connectivity index (χ2n) is 7.73. The summed E-state index contributed by atoms with van der Waals surface area (Å²) < 4.78 is 110. The van der Waals surface area contributed by atoms with Gasteiger partial charge in [0, 0.05) is 19.3 Å². The Morgan fingerprint density at radius 2 is 1.68 bits per heavy atom. The summed E-state index contributed by atoms with van der Waals surface area (Å²) in [6.45, 7) is -0.822. The molecule has 2 aromatic rings. The second-order valence-corrected chi connectivity index (χ2v) is 9.74. The number of rotatable bonds is 6. The van der Waals surface area contributed by atoms with E-state index in [2.05, 4.69) is 0 Å². The molecule has 1 atom stereocenters. The van der Waals surface area contributed by atoms with E-state index >= 15 is 0 Å². The van der Waals surface area contributed by atoms with E-state index in [9.17, 15) is 39.6 Å². The zero-order valence-corrected chi connectivity index (χ0v) is 18.6. The minimum Gasteiger partial charge on any atom is -0.484 e. The van der Waals surface area contributed by atoms with Crippen LogP contribution in [0.2, 0.25) is 0 Å². The van der Waals surface area contributed by atoms with E-state index in [0.717, 1.165) is 31.4 Å². The summed E-state index contributed by atoms with van der Waals surface area (Å²) in [5.74, 6) is -1.32. The smallest absolute Gasteiger partial charge is 0.425 e. The molecule has 0 fully saturated rings. The number of hydrogen-bond acceptors (Lipinski definition) is 5. The molecule has 2 aromatic carbocycles. The Kier molecular flexibility index (Phi) is 6.80. The van der Waals surface area contributed by atoms with Gasteiger partial charge in [0.2, 0.25) is 0 Å². The molecule has 0 N–H and O–H groups in total. The molecule has 1 amide bonds. The summed E-state index contributed by atoms with van der Waals surface area (Å²) in [6.07, 6.45) is -10.7. The number of hydrogen-bond donors (Lipinski definition) is 0. The Balaban J connectivity index is 1.88. The summed E-state index contributed by atoms with van der Waals surface area (Å²) >= 11 is 0. The summed E-state index contributed by atoms with van der Waals surface area (Å²) in [7, 11) is -3.79. The molecule has 186 valence electrons. The van der Waals surface area contributed by atoms with Gasteiger partial charge in [-0.05, 0) is 48.4 Å². The zero-order valence-electron chi connectivity index (χ0n) is 17.8. The van der Waals surface area contributed by atoms with Crippen molar-refractivity contribution in [3.05, 3.63) is 53.1 Å². The van der Waals surface area contributed by atoms with Gasteiger partial charge in [-0.2, -0.15) is 26.3 Å². The predicted octanol–water partition coefficient (Wildman–Crippen LogP) is 4.52. The maximum Gasteiger partial charge on any atom is 0.425 e. The van der Waals surface area contributed by atoms with E-state index in [4.69, 9.17) is 9.47 Å². The van der Waals surface area contributed by atoms with Crippen LogP contribution in [0.15, 0.2) is 41.3 Å². The first kappa shape index (κ1) is 25.7. The number of sulfone groups is 1. The summed E-state index contributed by atoms with van der Waals surface area (Å²) in [5, 5.41) is 0. The minimum atomic E-state index is -4.73. The van der Waals surface area contributed by atoms with E-state index in [1.54, 1.807) is 0 Å². The quantitative estimate of drug-likeness (QED) is 0.534. The molecule has 0 bridgehead atoms. The van der Waals surface area contributed by atoms with Gasteiger partial charge < -0.3 is 14.4 Å². The Bertz CT molecular complexity index is 1190. The first-order chi connectivity index (χ1) is 15.5. The minimum absolute atomic E-state index is 0.00504. The lowest BCUT2D eigenvalue weighted by Gasteiger charge is -2.22. The standard InChI is InChI=1S/C21H19F6NO5S/c1-12(21(25,26)27)33-18-6-5-16(34(2,30)31)8-17(18)19(29)28-9-13-3-4-15(7-14(13)10-28)32-11-20(22,23)24/h3-8,12H,9-11H2,1-2H3/t12-/m0/s1. The number of benzene rings is 2. The van der Waals surface area contributed by atoms with Gasteiger partial charge in [-0.15, -0.1) is 0 Å². The molecular weight excluding hydrogens is 492 g/mol. The fourth-order valence-corrected chi connectivity index (χ4v) is 3.85. The van der Waals surface area contributed by atoms with Crippen LogP contribution in [-0.2, 0) is 22.9 Å². The number of carbonyl (C=O) groups excluding carboxylic acids is 1. The van der Waals surface area contributed by atoms with Gasteiger partial charge in [0.25, 0.3) is 5.91 Å². The van der Waals surface area contributed by atoms with Gasteiger partial charge in [-0.3, -0.25) is 4.79 Å². The van der Waals surface area contributed by atoms with Crippen molar-refractivity contribution >= 4 is 15.7 Å². The van der Waals surface area contributed by atoms with Crippen molar-refractivity contribution in [3.63, 3.8) is 0 Å². The van der Waals surface area contributed by atoms with Crippen LogP contribution in [0.3, 0.4) is 0 Å². The maximum absolute atomic E-state index is 13.2. The maximum atomic E-state index is 13.2. The fraction of sp³-hybridized carbons (Fsp3) is 0.381. The molecular formula is C21H19F6NO5S. The van der Waals surface area contributed by atoms with Gasteiger partial charge in [0.05, 0.1) is 10.5 Å². The topological polar surface area (TPSA) is 72.9 Å². The fourth-order valence-electron chi connectivity index (χ4n) is 3.21. The van der Waals surface area contributed by atoms with Crippen LogP contribution in [0, 0.1) is 0 Å². The molecule has 0 aliphatic carbocycles. The molecule has 1 heterocycles. The summed E-state index contributed by atoms with van der Waals surface area (Å²) in [4.78, 5) is 14.1. The average molecular weight is 511 g/mol. The molecule has 3 rings (SSSR count). The van der Waals surface area contributed by atoms with E-state index in [0.29, 0.717) is 11.1 Å². The number of ether oxygens (including phenoxy) is 2. The zero-order chi connectivity index (χ0) is 25.5. The third-order valence-corrected chi connectivity index (χ3v) is 6.07. The van der Waals surface area contributed by atoms with Crippen LogP contribution < -0.4 is 9.47 Å². The molecule has 0 saturated carbocycles. The molecule has 0 radical (unpaired) electrons. The molecule has 6 nitrogen and oxygen atoms in total. The Labute approximate surface area is 191 Å². The molecule has 0 spiro atoms. The van der Waals surface area contributed by atoms with Crippen molar-refractivity contribution in [2.45, 2.75) is 43.4 Å². The number of fused-ring (bicyclic) bond motifs is 1. The van der Waals surface area contributed by atoms with Crippen LogP contribution in [0.5, 0.6) is 11.5 Å². The van der Waals surface area contributed by atoms with Gasteiger partial charge in [0.15, 0.2) is 22.5 Å². The van der Waals surface area contributed by atoms with E-state index < -0.39 is 46.6 Å². The Hall–Kier alpha value is -2.96. The van der Waals surface area contributed by atoms with Crippen LogP contribution in [0.4, 0.5) is 26.3 Å². The Morgan fingerprint density at radius 1 is 1.03 bits per heavy atom. The van der Waals surface area contributed by atoms with Crippen LogP contribution in [0.25, 0.3) is 0 Å². The number of carbonyl (C=O) groups is 1. The largest absolute Gasteiger partial charge is 0.484 e. The van der Waals surface area contributed by atoms with Crippen LogP contribution in [0.1, 0.15) is 28.4 Å². The van der Waals surface area contributed by atoms with E-state index in [1.807, 2.05) is 0 Å². The molecule has 0 aromatic heterocycles. The van der Waals surface area contributed by atoms with Crippen LogP contribution >= 0.6 is 0 Å². The third-order valence-electron chi connectivity index (χ3n) is 4.96. The molecule has 0 saturated heterocycles. The summed E-state index contributed by atoms with van der Waals surface area (Å²) in [6, 6.07) is 7.08. The lowest BCUT2D eigenvalue weighted by Crippen LogP contribution is -2.32. The molecule has 1 aliphatic rings. The number of amides is 1. The van der Waals surface area contributed by atoms with E-state index in [1.165, 1.54) is 23.1 Å². The average Bonchev–Trinajstić information content (AvgIpc) is 3.13. The highest BCUT2D eigenvalue weighted by molar-refractivity contribution is 7.90. The van der Waals surface area contributed by atoms with Crippen molar-refractivity contribution in [1.29, 1.82) is 0 Å². The van der Waals surface area contributed by atoms with E-state index in [-0.39, 0.29) is 29.3 Å². The highest BCUT2D eigenvalue weighted by atomic mass is 32.2. The molecule has 34 heavy (non-hydrogen) atoms. The lowest BCUT2D eigenvalue weighted by molar-refractivity contribution is -0.189. The predicted molar refractivity (Wildman–Crippen MR) is 107 cm³/mol. The monoisotopic (exact) mass is 511 g/mol. The number of halogens is 6. The van der Waals surface area contributed by atoms with Gasteiger partial charge in [-0.1, -0.05) is 6.07 Å². The highest BCUT2D eigenvalue weighted by Crippen LogP contribution is 2.33. The first-order valence-corrected chi connectivity index (χ1v) is 11.6. The van der Waals surface area contributed by atoms with Crippen molar-refractivity contribution in [3.8, 4) is 11.5 Å². The molecule has 13 heteroatoms.